The Hall–Kier alpha value is -2.64. The van der Waals surface area contributed by atoms with Gasteiger partial charge in [0.15, 0.2) is 0 Å². The van der Waals surface area contributed by atoms with Crippen LogP contribution in [0, 0.1) is 0 Å². The number of benzene rings is 2. The first-order valence-corrected chi connectivity index (χ1v) is 14.2. The smallest absolute Gasteiger partial charge is 0.337 e. The van der Waals surface area contributed by atoms with Gasteiger partial charge in [0.25, 0.3) is 0 Å². The van der Waals surface area contributed by atoms with E-state index >= 15 is 0 Å². The predicted molar refractivity (Wildman–Crippen MR) is 148 cm³/mol. The van der Waals surface area contributed by atoms with Crippen molar-refractivity contribution in [1.82, 2.24) is 9.71 Å². The van der Waals surface area contributed by atoms with Crippen molar-refractivity contribution >= 4 is 33.5 Å². The van der Waals surface area contributed by atoms with Crippen LogP contribution < -0.4 is 10.0 Å². The quantitative estimate of drug-likeness (QED) is 0.341. The van der Waals surface area contributed by atoms with E-state index in [0.29, 0.717) is 11.5 Å². The number of hydrogen-bond acceptors (Lipinski definition) is 4. The first kappa shape index (κ1) is 25.0. The number of H-pyrrole nitrogens is 1. The first-order chi connectivity index (χ1) is 17.3. The summed E-state index contributed by atoms with van der Waals surface area (Å²) in [5.74, 6) is 0.153. The normalized spacial score (nSPS) is 19.5. The van der Waals surface area contributed by atoms with Crippen LogP contribution in [0.5, 0.6) is 0 Å². The maximum absolute atomic E-state index is 12.9. The Kier molecular flexibility index (Phi) is 6.97. The van der Waals surface area contributed by atoms with Crippen LogP contribution >= 0.6 is 0 Å². The maximum atomic E-state index is 12.9. The molecule has 3 aromatic rings. The topological polar surface area (TPSA) is 83.2 Å². The number of aromatic nitrogens is 1. The van der Waals surface area contributed by atoms with E-state index in [4.69, 9.17) is 4.74 Å². The van der Waals surface area contributed by atoms with Crippen LogP contribution in [0.25, 0.3) is 22.2 Å². The lowest BCUT2D eigenvalue weighted by atomic mass is 9.81. The molecule has 0 unspecified atom stereocenters. The van der Waals surface area contributed by atoms with Gasteiger partial charge in [-0.25, -0.2) is 13.7 Å². The summed E-state index contributed by atoms with van der Waals surface area (Å²) >= 11 is 0. The number of nitrogens with one attached hydrogen (secondary N) is 3. The van der Waals surface area contributed by atoms with Crippen molar-refractivity contribution in [2.45, 2.75) is 76.0 Å². The van der Waals surface area contributed by atoms with Crippen LogP contribution in [-0.4, -0.2) is 33.6 Å². The zero-order chi connectivity index (χ0) is 25.4. The molecule has 5 rings (SSSR count). The van der Waals surface area contributed by atoms with Gasteiger partial charge in [0, 0.05) is 34.7 Å². The highest BCUT2D eigenvalue weighted by Gasteiger charge is 2.30. The van der Waals surface area contributed by atoms with E-state index in [1.807, 2.05) is 32.9 Å². The molecule has 2 aromatic carbocycles. The minimum Gasteiger partial charge on any atom is -0.465 e. The minimum atomic E-state index is -1.15. The van der Waals surface area contributed by atoms with E-state index in [-0.39, 0.29) is 16.8 Å². The van der Waals surface area contributed by atoms with Gasteiger partial charge >= 0.3 is 5.97 Å². The molecule has 0 bridgehead atoms. The molecule has 0 spiro atoms. The summed E-state index contributed by atoms with van der Waals surface area (Å²) in [7, 11) is 0.264. The summed E-state index contributed by atoms with van der Waals surface area (Å²) in [6, 6.07) is 12.3. The van der Waals surface area contributed by atoms with Gasteiger partial charge in [-0.15, -0.1) is 0 Å². The molecule has 1 aliphatic heterocycles. The largest absolute Gasteiger partial charge is 0.465 e. The second-order valence-corrected chi connectivity index (χ2v) is 13.0. The molecule has 192 valence electrons. The van der Waals surface area contributed by atoms with E-state index in [0.717, 1.165) is 41.0 Å². The molecule has 3 N–H and O–H groups in total. The Morgan fingerprint density at radius 1 is 1.08 bits per heavy atom. The molecular weight excluding hydrogens is 470 g/mol. The molecule has 1 fully saturated rings. The van der Waals surface area contributed by atoms with Crippen molar-refractivity contribution < 1.29 is 13.7 Å². The average molecular weight is 508 g/mol. The van der Waals surface area contributed by atoms with E-state index in [1.54, 1.807) is 0 Å². The van der Waals surface area contributed by atoms with Gasteiger partial charge in [-0.05, 0) is 69.2 Å². The van der Waals surface area contributed by atoms with E-state index in [1.165, 1.54) is 50.2 Å². The van der Waals surface area contributed by atoms with E-state index in [9.17, 15) is 9.00 Å². The van der Waals surface area contributed by atoms with Gasteiger partial charge < -0.3 is 15.0 Å². The summed E-state index contributed by atoms with van der Waals surface area (Å²) in [6.45, 7) is 6.81. The van der Waals surface area contributed by atoms with Crippen LogP contribution in [-0.2, 0) is 15.7 Å². The molecular formula is C29H37N3O3S. The van der Waals surface area contributed by atoms with Crippen molar-refractivity contribution in [3.63, 3.8) is 0 Å². The van der Waals surface area contributed by atoms with E-state index in [2.05, 4.69) is 39.3 Å². The first-order valence-electron chi connectivity index (χ1n) is 13.1. The summed E-state index contributed by atoms with van der Waals surface area (Å²) in [5, 5.41) is 4.83. The molecule has 0 saturated heterocycles. The summed E-state index contributed by atoms with van der Waals surface area (Å²) < 4.78 is 21.0. The maximum Gasteiger partial charge on any atom is 0.337 e. The monoisotopic (exact) mass is 507 g/mol. The van der Waals surface area contributed by atoms with Crippen LogP contribution in [0.3, 0.4) is 0 Å². The third-order valence-electron chi connectivity index (χ3n) is 7.55. The van der Waals surface area contributed by atoms with Crippen LogP contribution in [0.15, 0.2) is 36.4 Å². The number of carbonyl (C=O) groups is 1. The molecule has 36 heavy (non-hydrogen) atoms. The highest BCUT2D eigenvalue weighted by molar-refractivity contribution is 7.84. The number of rotatable bonds is 5. The molecule has 1 aromatic heterocycles. The number of methoxy groups -OCH3 is 1. The van der Waals surface area contributed by atoms with Crippen LogP contribution in [0.2, 0.25) is 0 Å². The molecule has 6 nitrogen and oxygen atoms in total. The number of fused-ring (bicyclic) bond motifs is 2. The summed E-state index contributed by atoms with van der Waals surface area (Å²) in [4.78, 5) is 15.9. The molecule has 2 heterocycles. The van der Waals surface area contributed by atoms with Gasteiger partial charge in [-0.3, -0.25) is 0 Å². The van der Waals surface area contributed by atoms with Gasteiger partial charge in [-0.2, -0.15) is 0 Å². The highest BCUT2D eigenvalue weighted by Crippen LogP contribution is 2.46. The van der Waals surface area contributed by atoms with Crippen molar-refractivity contribution in [2.75, 3.05) is 19.0 Å². The van der Waals surface area contributed by atoms with Gasteiger partial charge in [0.2, 0.25) is 0 Å². The number of hydrogen-bond donors (Lipinski definition) is 3. The molecule has 7 heteroatoms. The molecule has 2 aliphatic rings. The SMILES string of the molecule is COC(=O)c1ccc2c(C3CCCCC3)c(-c3cccc4c3NCC[C@H]4N[S@](=O)C(C)(C)C)[nH]c2c1. The number of carbonyl (C=O) groups excluding carboxylic acids is 1. The third-order valence-corrected chi connectivity index (χ3v) is 9.17. The van der Waals surface area contributed by atoms with Crippen molar-refractivity contribution in [3.05, 3.63) is 53.1 Å². The number of aromatic amines is 1. The number of para-hydroxylation sites is 1. The Morgan fingerprint density at radius 3 is 2.58 bits per heavy atom. The number of ether oxygens (including phenoxy) is 1. The second-order valence-electron chi connectivity index (χ2n) is 11.0. The number of anilines is 1. The number of esters is 1. The lowest BCUT2D eigenvalue weighted by Crippen LogP contribution is -2.38. The zero-order valence-electron chi connectivity index (χ0n) is 21.7. The third kappa shape index (κ3) is 4.71. The standard InChI is InChI=1S/C29H37N3O3S/c1-29(2,3)36(34)32-23-15-16-30-26-21(23)11-8-12-22(26)27-25(18-9-6-5-7-10-18)20-14-13-19(28(33)35-4)17-24(20)31-27/h8,11-14,17-18,23,30-32H,5-7,9-10,15-16H2,1-4H3/t23-,36-/m1/s1. The van der Waals surface area contributed by atoms with E-state index < -0.39 is 11.0 Å². The Balaban J connectivity index is 1.64. The highest BCUT2D eigenvalue weighted by atomic mass is 32.2. The zero-order valence-corrected chi connectivity index (χ0v) is 22.5. The van der Waals surface area contributed by atoms with Crippen molar-refractivity contribution in [2.24, 2.45) is 0 Å². The van der Waals surface area contributed by atoms with Gasteiger partial charge in [0.05, 0.1) is 34.1 Å². The Bertz CT molecular complexity index is 1300. The van der Waals surface area contributed by atoms with Crippen LogP contribution in [0.1, 0.15) is 92.7 Å². The molecule has 2 atom stereocenters. The van der Waals surface area contributed by atoms with Crippen LogP contribution in [0.4, 0.5) is 5.69 Å². The Labute approximate surface area is 216 Å². The fourth-order valence-electron chi connectivity index (χ4n) is 5.68. The summed E-state index contributed by atoms with van der Waals surface area (Å²) in [6.07, 6.45) is 7.01. The molecule has 0 amide bonds. The van der Waals surface area contributed by atoms with Gasteiger partial charge in [0.1, 0.15) is 0 Å². The summed E-state index contributed by atoms with van der Waals surface area (Å²) in [5.41, 5.74) is 7.38. The molecule has 1 aliphatic carbocycles. The molecule has 1 saturated carbocycles. The fourth-order valence-corrected chi connectivity index (χ4v) is 6.54. The lowest BCUT2D eigenvalue weighted by molar-refractivity contribution is 0.0601. The average Bonchev–Trinajstić information content (AvgIpc) is 3.26. The fraction of sp³-hybridized carbons (Fsp3) is 0.483. The second kappa shape index (κ2) is 10.0. The van der Waals surface area contributed by atoms with Crippen molar-refractivity contribution in [3.8, 4) is 11.3 Å². The lowest BCUT2D eigenvalue weighted by Gasteiger charge is -2.31. The van der Waals surface area contributed by atoms with Crippen molar-refractivity contribution in [1.29, 1.82) is 0 Å². The van der Waals surface area contributed by atoms with Gasteiger partial charge in [-0.1, -0.05) is 43.5 Å². The predicted octanol–water partition coefficient (Wildman–Crippen LogP) is 6.58. The Morgan fingerprint density at radius 2 is 1.86 bits per heavy atom. The molecule has 0 radical (unpaired) electrons. The minimum absolute atomic E-state index is 0.0229.